The summed E-state index contributed by atoms with van der Waals surface area (Å²) in [6.07, 6.45) is 6.89. The summed E-state index contributed by atoms with van der Waals surface area (Å²) in [5.41, 5.74) is 5.74. The summed E-state index contributed by atoms with van der Waals surface area (Å²) in [6.45, 7) is 10.9. The lowest BCUT2D eigenvalue weighted by molar-refractivity contribution is -0.130. The van der Waals surface area contributed by atoms with Gasteiger partial charge in [0.05, 0.1) is 5.56 Å². The van der Waals surface area contributed by atoms with E-state index >= 15 is 0 Å². The number of carbonyl (C=O) groups excluding carboxylic acids is 3. The van der Waals surface area contributed by atoms with Crippen LogP contribution in [-0.2, 0) is 9.59 Å². The van der Waals surface area contributed by atoms with Gasteiger partial charge in [-0.1, -0.05) is 73.8 Å². The number of hydrogen-bond acceptors (Lipinski definition) is 6. The molecule has 0 spiro atoms. The van der Waals surface area contributed by atoms with Crippen LogP contribution in [0.25, 0.3) is 22.8 Å². The molecule has 0 bridgehead atoms. The minimum atomic E-state index is -0.594. The SMILES string of the molecule is C=C/C(=C\C)c1ccc(-c2ccc(/C=C/C(=O)Oc3ccc(OC(=O)c4ccc(OC(=O)C(=C)C)cc4)cc3)cc2)cc1. The Balaban J connectivity index is 1.28. The Morgan fingerprint density at radius 1 is 0.651 bits per heavy atom. The molecule has 6 heteroatoms. The number of hydrogen-bond donors (Lipinski definition) is 0. The van der Waals surface area contributed by atoms with Crippen LogP contribution in [0.3, 0.4) is 0 Å². The molecule has 0 saturated carbocycles. The zero-order valence-electron chi connectivity index (χ0n) is 23.9. The average Bonchev–Trinajstić information content (AvgIpc) is 3.02. The molecule has 0 aliphatic heterocycles. The van der Waals surface area contributed by atoms with Crippen LogP contribution in [0.4, 0.5) is 0 Å². The number of benzene rings is 4. The molecule has 0 aromatic heterocycles. The van der Waals surface area contributed by atoms with E-state index < -0.39 is 17.9 Å². The van der Waals surface area contributed by atoms with Crippen LogP contribution >= 0.6 is 0 Å². The Bertz CT molecular complexity index is 1690. The van der Waals surface area contributed by atoms with Gasteiger partial charge in [0, 0.05) is 11.6 Å². The highest BCUT2D eigenvalue weighted by atomic mass is 16.5. The maximum atomic E-state index is 12.5. The summed E-state index contributed by atoms with van der Waals surface area (Å²) in [7, 11) is 0. The predicted molar refractivity (Wildman–Crippen MR) is 169 cm³/mol. The molecule has 0 fully saturated rings. The molecule has 0 amide bonds. The monoisotopic (exact) mass is 570 g/mol. The lowest BCUT2D eigenvalue weighted by Crippen LogP contribution is -2.10. The molecule has 0 aliphatic carbocycles. The van der Waals surface area contributed by atoms with E-state index in [9.17, 15) is 14.4 Å². The van der Waals surface area contributed by atoms with Gasteiger partial charge in [-0.05, 0) is 96.3 Å². The van der Waals surface area contributed by atoms with Gasteiger partial charge in [0.15, 0.2) is 0 Å². The minimum Gasteiger partial charge on any atom is -0.423 e. The molecule has 0 radical (unpaired) electrons. The molecular formula is C37H30O6. The van der Waals surface area contributed by atoms with Gasteiger partial charge in [-0.25, -0.2) is 14.4 Å². The molecule has 0 N–H and O–H groups in total. The molecular weight excluding hydrogens is 540 g/mol. The van der Waals surface area contributed by atoms with Crippen LogP contribution in [0.2, 0.25) is 0 Å². The van der Waals surface area contributed by atoms with E-state index in [0.29, 0.717) is 5.75 Å². The number of esters is 3. The van der Waals surface area contributed by atoms with Crippen molar-refractivity contribution in [2.24, 2.45) is 0 Å². The number of rotatable bonds is 10. The summed E-state index contributed by atoms with van der Waals surface area (Å²) in [6, 6.07) is 28.2. The van der Waals surface area contributed by atoms with Crippen molar-refractivity contribution in [1.82, 2.24) is 0 Å². The highest BCUT2D eigenvalue weighted by molar-refractivity contribution is 5.92. The first-order valence-electron chi connectivity index (χ1n) is 13.4. The Morgan fingerprint density at radius 3 is 1.67 bits per heavy atom. The van der Waals surface area contributed by atoms with Gasteiger partial charge < -0.3 is 14.2 Å². The fourth-order valence-electron chi connectivity index (χ4n) is 3.95. The predicted octanol–water partition coefficient (Wildman–Crippen LogP) is 8.26. The minimum absolute atomic E-state index is 0.268. The third kappa shape index (κ3) is 8.38. The van der Waals surface area contributed by atoms with E-state index in [0.717, 1.165) is 27.8 Å². The molecule has 0 unspecified atom stereocenters. The van der Waals surface area contributed by atoms with Crippen LogP contribution in [0.1, 0.15) is 35.3 Å². The van der Waals surface area contributed by atoms with Gasteiger partial charge >= 0.3 is 17.9 Å². The van der Waals surface area contributed by atoms with Crippen LogP contribution in [0.15, 0.2) is 134 Å². The van der Waals surface area contributed by atoms with E-state index in [-0.39, 0.29) is 22.6 Å². The lowest BCUT2D eigenvalue weighted by Gasteiger charge is -2.07. The molecule has 0 heterocycles. The Kier molecular flexibility index (Phi) is 10.0. The van der Waals surface area contributed by atoms with E-state index in [4.69, 9.17) is 14.2 Å². The molecule has 0 aliphatic rings. The molecule has 0 saturated heterocycles. The van der Waals surface area contributed by atoms with E-state index in [1.54, 1.807) is 13.0 Å². The molecule has 6 nitrogen and oxygen atoms in total. The van der Waals surface area contributed by atoms with Crippen molar-refractivity contribution in [1.29, 1.82) is 0 Å². The largest absolute Gasteiger partial charge is 0.423 e. The van der Waals surface area contributed by atoms with Gasteiger partial charge in [-0.3, -0.25) is 0 Å². The van der Waals surface area contributed by atoms with Crippen molar-refractivity contribution in [3.8, 4) is 28.4 Å². The average molecular weight is 571 g/mol. The summed E-state index contributed by atoms with van der Waals surface area (Å²) < 4.78 is 15.8. The Hall–Kier alpha value is -5.75. The van der Waals surface area contributed by atoms with Gasteiger partial charge in [-0.15, -0.1) is 0 Å². The second-order valence-electron chi connectivity index (χ2n) is 9.46. The maximum absolute atomic E-state index is 12.5. The second-order valence-corrected chi connectivity index (χ2v) is 9.46. The molecule has 43 heavy (non-hydrogen) atoms. The molecule has 214 valence electrons. The quantitative estimate of drug-likeness (QED) is 0.0827. The maximum Gasteiger partial charge on any atom is 0.343 e. The Morgan fingerprint density at radius 2 is 1.14 bits per heavy atom. The van der Waals surface area contributed by atoms with E-state index in [1.807, 2.05) is 43.3 Å². The summed E-state index contributed by atoms with van der Waals surface area (Å²) >= 11 is 0. The number of ether oxygens (including phenoxy) is 3. The first-order valence-corrected chi connectivity index (χ1v) is 13.4. The van der Waals surface area contributed by atoms with Crippen molar-refractivity contribution < 1.29 is 28.6 Å². The summed E-state index contributed by atoms with van der Waals surface area (Å²) in [5.74, 6) is -0.824. The summed E-state index contributed by atoms with van der Waals surface area (Å²) in [4.78, 5) is 36.4. The van der Waals surface area contributed by atoms with Crippen LogP contribution in [0, 0.1) is 0 Å². The highest BCUT2D eigenvalue weighted by Gasteiger charge is 2.11. The van der Waals surface area contributed by atoms with Gasteiger partial charge in [-0.2, -0.15) is 0 Å². The topological polar surface area (TPSA) is 78.9 Å². The van der Waals surface area contributed by atoms with Crippen molar-refractivity contribution in [3.63, 3.8) is 0 Å². The van der Waals surface area contributed by atoms with Gasteiger partial charge in [0.25, 0.3) is 0 Å². The smallest absolute Gasteiger partial charge is 0.343 e. The van der Waals surface area contributed by atoms with Crippen molar-refractivity contribution in [2.45, 2.75) is 13.8 Å². The van der Waals surface area contributed by atoms with Crippen molar-refractivity contribution >= 4 is 29.6 Å². The van der Waals surface area contributed by atoms with Crippen molar-refractivity contribution in [3.05, 3.63) is 151 Å². The van der Waals surface area contributed by atoms with Crippen LogP contribution in [-0.4, -0.2) is 17.9 Å². The van der Waals surface area contributed by atoms with E-state index in [1.165, 1.54) is 54.6 Å². The molecule has 4 aromatic carbocycles. The van der Waals surface area contributed by atoms with Crippen LogP contribution in [0.5, 0.6) is 17.2 Å². The zero-order chi connectivity index (χ0) is 30.8. The molecule has 4 rings (SSSR count). The normalized spacial score (nSPS) is 11.1. The fraction of sp³-hybridized carbons (Fsp3) is 0.0541. The third-order valence-corrected chi connectivity index (χ3v) is 6.31. The van der Waals surface area contributed by atoms with Crippen LogP contribution < -0.4 is 14.2 Å². The van der Waals surface area contributed by atoms with Gasteiger partial charge in [0.2, 0.25) is 0 Å². The van der Waals surface area contributed by atoms with Gasteiger partial charge in [0.1, 0.15) is 17.2 Å². The second kappa shape index (κ2) is 14.2. The molecule has 4 aromatic rings. The van der Waals surface area contributed by atoms with Crippen molar-refractivity contribution in [2.75, 3.05) is 0 Å². The number of allylic oxidation sites excluding steroid dienone is 3. The molecule has 0 atom stereocenters. The standard InChI is InChI=1S/C37H30O6/c1-5-27(6-2)28-12-14-30(15-13-28)29-10-7-26(8-11-29)9-24-35(38)41-32-20-22-34(23-21-32)43-37(40)31-16-18-33(19-17-31)42-36(39)25(3)4/h5-24H,1,3H2,2,4H3/b24-9+,27-6+. The summed E-state index contributed by atoms with van der Waals surface area (Å²) in [5, 5.41) is 0. The zero-order valence-corrected chi connectivity index (χ0v) is 23.9. The fourth-order valence-corrected chi connectivity index (χ4v) is 3.95. The lowest BCUT2D eigenvalue weighted by atomic mass is 9.99. The highest BCUT2D eigenvalue weighted by Crippen LogP contribution is 2.24. The first kappa shape index (κ1) is 30.2. The van der Waals surface area contributed by atoms with E-state index in [2.05, 4.69) is 37.4 Å². The third-order valence-electron chi connectivity index (χ3n) is 6.31. The Labute approximate surface area is 250 Å². The first-order chi connectivity index (χ1) is 20.7. The number of carbonyl (C=O) groups is 3.